The molecule has 0 heterocycles. The highest BCUT2D eigenvalue weighted by Gasteiger charge is 2.28. The second kappa shape index (κ2) is 6.41. The van der Waals surface area contributed by atoms with E-state index >= 15 is 0 Å². The zero-order valence-corrected chi connectivity index (χ0v) is 12.8. The molecule has 0 saturated heterocycles. The van der Waals surface area contributed by atoms with Crippen LogP contribution in [0.25, 0.3) is 0 Å². The van der Waals surface area contributed by atoms with Gasteiger partial charge in [-0.05, 0) is 56.8 Å². The highest BCUT2D eigenvalue weighted by atomic mass is 15.0. The zero-order chi connectivity index (χ0) is 13.0. The molecule has 0 aromatic rings. The van der Waals surface area contributed by atoms with Gasteiger partial charge in [-0.25, -0.2) is 0 Å². The fraction of sp³-hybridized carbons (Fsp3) is 1.00. The highest BCUT2D eigenvalue weighted by molar-refractivity contribution is 4.85. The molecular formula is C17H33N. The van der Waals surface area contributed by atoms with E-state index in [-0.39, 0.29) is 0 Å². The normalized spacial score (nSPS) is 28.8. The van der Waals surface area contributed by atoms with Gasteiger partial charge in [0.25, 0.3) is 0 Å². The Morgan fingerprint density at radius 1 is 0.889 bits per heavy atom. The van der Waals surface area contributed by atoms with Crippen molar-refractivity contribution in [3.05, 3.63) is 0 Å². The molecule has 1 atom stereocenters. The minimum atomic E-state index is 0.601. The SMILES string of the molecule is C[C@@H](NC1CCC(C)(C)CC1)C1CCCCCC1. The quantitative estimate of drug-likeness (QED) is 0.703. The van der Waals surface area contributed by atoms with Gasteiger partial charge in [0.15, 0.2) is 0 Å². The van der Waals surface area contributed by atoms with Gasteiger partial charge in [-0.2, -0.15) is 0 Å². The van der Waals surface area contributed by atoms with Crippen LogP contribution in [0.15, 0.2) is 0 Å². The van der Waals surface area contributed by atoms with Gasteiger partial charge in [0.2, 0.25) is 0 Å². The van der Waals surface area contributed by atoms with Gasteiger partial charge in [0.05, 0.1) is 0 Å². The fourth-order valence-electron chi connectivity index (χ4n) is 3.88. The van der Waals surface area contributed by atoms with Crippen molar-refractivity contribution in [1.82, 2.24) is 5.32 Å². The summed E-state index contributed by atoms with van der Waals surface area (Å²) in [5.74, 6) is 0.947. The monoisotopic (exact) mass is 251 g/mol. The van der Waals surface area contributed by atoms with E-state index in [2.05, 4.69) is 26.1 Å². The van der Waals surface area contributed by atoms with Crippen LogP contribution in [0.5, 0.6) is 0 Å². The van der Waals surface area contributed by atoms with Gasteiger partial charge < -0.3 is 5.32 Å². The molecular weight excluding hydrogens is 218 g/mol. The Kier molecular flexibility index (Phi) is 5.12. The molecule has 2 aliphatic carbocycles. The number of hydrogen-bond acceptors (Lipinski definition) is 1. The summed E-state index contributed by atoms with van der Waals surface area (Å²) < 4.78 is 0. The number of rotatable bonds is 3. The summed E-state index contributed by atoms with van der Waals surface area (Å²) in [7, 11) is 0. The number of hydrogen-bond donors (Lipinski definition) is 1. The lowest BCUT2D eigenvalue weighted by Gasteiger charge is -2.37. The van der Waals surface area contributed by atoms with Gasteiger partial charge in [-0.15, -0.1) is 0 Å². The lowest BCUT2D eigenvalue weighted by atomic mass is 9.75. The fourth-order valence-corrected chi connectivity index (χ4v) is 3.88. The molecule has 1 heteroatoms. The molecule has 0 aromatic heterocycles. The van der Waals surface area contributed by atoms with Crippen molar-refractivity contribution in [2.45, 2.75) is 97.1 Å². The van der Waals surface area contributed by atoms with Crippen LogP contribution in [0.4, 0.5) is 0 Å². The highest BCUT2D eigenvalue weighted by Crippen LogP contribution is 2.35. The van der Waals surface area contributed by atoms with Crippen LogP contribution in [0, 0.1) is 11.3 Å². The van der Waals surface area contributed by atoms with Crippen molar-refractivity contribution in [2.75, 3.05) is 0 Å². The summed E-state index contributed by atoms with van der Waals surface area (Å²) in [5.41, 5.74) is 0.601. The summed E-state index contributed by atoms with van der Waals surface area (Å²) in [5, 5.41) is 3.95. The van der Waals surface area contributed by atoms with Crippen LogP contribution >= 0.6 is 0 Å². The molecule has 18 heavy (non-hydrogen) atoms. The first-order valence-corrected chi connectivity index (χ1v) is 8.33. The minimum absolute atomic E-state index is 0.601. The summed E-state index contributed by atoms with van der Waals surface area (Å²) >= 11 is 0. The predicted octanol–water partition coefficient (Wildman–Crippen LogP) is 4.90. The molecule has 106 valence electrons. The third-order valence-electron chi connectivity index (χ3n) is 5.44. The molecule has 0 spiro atoms. The third kappa shape index (κ3) is 4.26. The molecule has 2 rings (SSSR count). The standard InChI is InChI=1S/C17H33N/c1-14(15-8-6-4-5-7-9-15)18-16-10-12-17(2,3)13-11-16/h14-16,18H,4-13H2,1-3H3/t14-/m1/s1. The summed E-state index contributed by atoms with van der Waals surface area (Å²) in [6, 6.07) is 1.55. The Balaban J connectivity index is 1.75. The van der Waals surface area contributed by atoms with E-state index in [9.17, 15) is 0 Å². The molecule has 1 N–H and O–H groups in total. The predicted molar refractivity (Wildman–Crippen MR) is 79.8 cm³/mol. The van der Waals surface area contributed by atoms with E-state index in [0.29, 0.717) is 5.41 Å². The molecule has 0 bridgehead atoms. The van der Waals surface area contributed by atoms with Gasteiger partial charge in [0.1, 0.15) is 0 Å². The average molecular weight is 251 g/mol. The van der Waals surface area contributed by atoms with Crippen molar-refractivity contribution < 1.29 is 0 Å². The minimum Gasteiger partial charge on any atom is -0.311 e. The Bertz CT molecular complexity index is 228. The van der Waals surface area contributed by atoms with E-state index in [0.717, 1.165) is 18.0 Å². The lowest BCUT2D eigenvalue weighted by molar-refractivity contribution is 0.186. The van der Waals surface area contributed by atoms with E-state index in [4.69, 9.17) is 0 Å². The molecule has 0 amide bonds. The molecule has 0 aliphatic heterocycles. The van der Waals surface area contributed by atoms with E-state index in [1.165, 1.54) is 64.2 Å². The summed E-state index contributed by atoms with van der Waals surface area (Å²) in [6.07, 6.45) is 14.4. The van der Waals surface area contributed by atoms with Crippen LogP contribution in [-0.2, 0) is 0 Å². The van der Waals surface area contributed by atoms with Crippen molar-refractivity contribution in [1.29, 1.82) is 0 Å². The van der Waals surface area contributed by atoms with Gasteiger partial charge in [0, 0.05) is 12.1 Å². The first kappa shape index (κ1) is 14.4. The van der Waals surface area contributed by atoms with Crippen molar-refractivity contribution >= 4 is 0 Å². The maximum Gasteiger partial charge on any atom is 0.00700 e. The molecule has 2 fully saturated rings. The first-order chi connectivity index (χ1) is 8.57. The molecule has 0 radical (unpaired) electrons. The van der Waals surface area contributed by atoms with Crippen molar-refractivity contribution in [3.8, 4) is 0 Å². The lowest BCUT2D eigenvalue weighted by Crippen LogP contribution is -2.43. The topological polar surface area (TPSA) is 12.0 Å². The van der Waals surface area contributed by atoms with E-state index in [1.54, 1.807) is 0 Å². The molecule has 2 aliphatic rings. The maximum absolute atomic E-state index is 3.95. The second-order valence-corrected chi connectivity index (χ2v) is 7.65. The maximum atomic E-state index is 3.95. The van der Waals surface area contributed by atoms with Crippen LogP contribution < -0.4 is 5.32 Å². The second-order valence-electron chi connectivity index (χ2n) is 7.65. The van der Waals surface area contributed by atoms with Gasteiger partial charge >= 0.3 is 0 Å². The Morgan fingerprint density at radius 2 is 1.44 bits per heavy atom. The van der Waals surface area contributed by atoms with Crippen molar-refractivity contribution in [2.24, 2.45) is 11.3 Å². The van der Waals surface area contributed by atoms with E-state index in [1.807, 2.05) is 0 Å². The third-order valence-corrected chi connectivity index (χ3v) is 5.44. The zero-order valence-electron chi connectivity index (χ0n) is 12.8. The van der Waals surface area contributed by atoms with E-state index < -0.39 is 0 Å². The number of nitrogens with one attached hydrogen (secondary N) is 1. The Labute approximate surface area is 114 Å². The Morgan fingerprint density at radius 3 is 2.00 bits per heavy atom. The average Bonchev–Trinajstić information content (AvgIpc) is 2.60. The van der Waals surface area contributed by atoms with Gasteiger partial charge in [-0.1, -0.05) is 39.5 Å². The van der Waals surface area contributed by atoms with Crippen LogP contribution in [0.2, 0.25) is 0 Å². The molecule has 1 nitrogen and oxygen atoms in total. The van der Waals surface area contributed by atoms with Crippen LogP contribution in [0.3, 0.4) is 0 Å². The van der Waals surface area contributed by atoms with Crippen LogP contribution in [0.1, 0.15) is 85.0 Å². The summed E-state index contributed by atoms with van der Waals surface area (Å²) in [4.78, 5) is 0. The van der Waals surface area contributed by atoms with Crippen LogP contribution in [-0.4, -0.2) is 12.1 Å². The van der Waals surface area contributed by atoms with Gasteiger partial charge in [-0.3, -0.25) is 0 Å². The smallest absolute Gasteiger partial charge is 0.00700 e. The first-order valence-electron chi connectivity index (χ1n) is 8.33. The molecule has 2 saturated carbocycles. The molecule has 0 unspecified atom stereocenters. The Hall–Kier alpha value is -0.0400. The summed E-state index contributed by atoms with van der Waals surface area (Å²) in [6.45, 7) is 7.30. The largest absolute Gasteiger partial charge is 0.311 e. The van der Waals surface area contributed by atoms with Crippen molar-refractivity contribution in [3.63, 3.8) is 0 Å². The molecule has 0 aromatic carbocycles.